The Bertz CT molecular complexity index is 499. The molecule has 88 valence electrons. The lowest BCUT2D eigenvalue weighted by Crippen LogP contribution is -2.07. The fourth-order valence-electron chi connectivity index (χ4n) is 1.47. The molecule has 1 unspecified atom stereocenters. The first-order chi connectivity index (χ1) is 8.15. The van der Waals surface area contributed by atoms with Crippen molar-refractivity contribution in [2.45, 2.75) is 13.0 Å². The van der Waals surface area contributed by atoms with Gasteiger partial charge in [-0.2, -0.15) is 0 Å². The Morgan fingerprint density at radius 2 is 1.82 bits per heavy atom. The summed E-state index contributed by atoms with van der Waals surface area (Å²) in [5.74, 6) is 0.701. The predicted octanol–water partition coefficient (Wildman–Crippen LogP) is 3.96. The molecule has 1 aromatic heterocycles. The minimum absolute atomic E-state index is 0.123. The lowest BCUT2D eigenvalue weighted by atomic mass is 10.1. The third-order valence-corrected chi connectivity index (χ3v) is 2.83. The molecule has 17 heavy (non-hydrogen) atoms. The summed E-state index contributed by atoms with van der Waals surface area (Å²) >= 11 is 11.6. The van der Waals surface area contributed by atoms with Gasteiger partial charge in [-0.25, -0.2) is 9.97 Å². The van der Waals surface area contributed by atoms with Crippen LogP contribution in [-0.4, -0.2) is 9.97 Å². The average Bonchev–Trinajstić information content (AvgIpc) is 2.29. The molecule has 0 aliphatic carbocycles. The zero-order valence-corrected chi connectivity index (χ0v) is 10.7. The van der Waals surface area contributed by atoms with E-state index in [0.29, 0.717) is 11.0 Å². The van der Waals surface area contributed by atoms with Gasteiger partial charge in [0.05, 0.1) is 0 Å². The number of anilines is 1. The molecule has 1 heterocycles. The largest absolute Gasteiger partial charge is 0.363 e. The summed E-state index contributed by atoms with van der Waals surface area (Å²) in [7, 11) is 0. The molecule has 0 amide bonds. The molecule has 0 aliphatic heterocycles. The van der Waals surface area contributed by atoms with E-state index < -0.39 is 0 Å². The van der Waals surface area contributed by atoms with Crippen LogP contribution in [-0.2, 0) is 0 Å². The topological polar surface area (TPSA) is 37.8 Å². The average molecular weight is 268 g/mol. The van der Waals surface area contributed by atoms with Gasteiger partial charge in [-0.1, -0.05) is 35.3 Å². The second kappa shape index (κ2) is 5.34. The second-order valence-corrected chi connectivity index (χ2v) is 4.47. The van der Waals surface area contributed by atoms with Crippen molar-refractivity contribution in [3.8, 4) is 0 Å². The molecule has 1 N–H and O–H groups in total. The van der Waals surface area contributed by atoms with E-state index in [2.05, 4.69) is 15.3 Å². The van der Waals surface area contributed by atoms with Crippen LogP contribution in [0.4, 0.5) is 5.82 Å². The van der Waals surface area contributed by atoms with Crippen LogP contribution in [0.25, 0.3) is 0 Å². The maximum Gasteiger partial charge on any atom is 0.134 e. The Balaban J connectivity index is 2.11. The highest BCUT2D eigenvalue weighted by molar-refractivity contribution is 6.30. The number of aromatic nitrogens is 2. The second-order valence-electron chi connectivity index (χ2n) is 3.64. The number of nitrogens with zero attached hydrogens (tertiary/aromatic N) is 2. The lowest BCUT2D eigenvalue weighted by Gasteiger charge is -2.14. The molecule has 2 rings (SSSR count). The van der Waals surface area contributed by atoms with Crippen LogP contribution in [0.2, 0.25) is 10.2 Å². The van der Waals surface area contributed by atoms with E-state index in [9.17, 15) is 0 Å². The molecule has 1 aromatic carbocycles. The van der Waals surface area contributed by atoms with E-state index in [1.807, 2.05) is 31.2 Å². The standard InChI is InChI=1S/C12H11Cl2N3/c1-8(9-2-4-10(13)5-3-9)17-12-6-11(14)15-7-16-12/h2-8H,1H3,(H,15,16,17). The van der Waals surface area contributed by atoms with Gasteiger partial charge in [0, 0.05) is 17.1 Å². The van der Waals surface area contributed by atoms with Crippen molar-refractivity contribution in [1.82, 2.24) is 9.97 Å². The van der Waals surface area contributed by atoms with Crippen LogP contribution in [0.3, 0.4) is 0 Å². The molecule has 0 radical (unpaired) electrons. The Labute approximate surface area is 110 Å². The first-order valence-corrected chi connectivity index (χ1v) is 5.90. The molecule has 0 fully saturated rings. The van der Waals surface area contributed by atoms with Crippen molar-refractivity contribution >= 4 is 29.0 Å². The minimum Gasteiger partial charge on any atom is -0.363 e. The van der Waals surface area contributed by atoms with Gasteiger partial charge in [0.15, 0.2) is 0 Å². The molecule has 1 atom stereocenters. The van der Waals surface area contributed by atoms with Gasteiger partial charge in [0.25, 0.3) is 0 Å². The van der Waals surface area contributed by atoms with Crippen LogP contribution in [0, 0.1) is 0 Å². The molecule has 0 saturated carbocycles. The van der Waals surface area contributed by atoms with Crippen molar-refractivity contribution in [2.75, 3.05) is 5.32 Å². The van der Waals surface area contributed by atoms with Crippen molar-refractivity contribution in [3.05, 3.63) is 52.4 Å². The van der Waals surface area contributed by atoms with Crippen molar-refractivity contribution < 1.29 is 0 Å². The molecule has 0 spiro atoms. The van der Waals surface area contributed by atoms with Crippen LogP contribution in [0.1, 0.15) is 18.5 Å². The molecule has 0 aliphatic rings. The van der Waals surface area contributed by atoms with Crippen molar-refractivity contribution in [3.63, 3.8) is 0 Å². The van der Waals surface area contributed by atoms with Gasteiger partial charge in [-0.15, -0.1) is 0 Å². The smallest absolute Gasteiger partial charge is 0.134 e. The SMILES string of the molecule is CC(Nc1cc(Cl)ncn1)c1ccc(Cl)cc1. The van der Waals surface area contributed by atoms with Crippen LogP contribution >= 0.6 is 23.2 Å². The number of hydrogen-bond acceptors (Lipinski definition) is 3. The van der Waals surface area contributed by atoms with Crippen LogP contribution in [0.5, 0.6) is 0 Å². The van der Waals surface area contributed by atoms with E-state index in [4.69, 9.17) is 23.2 Å². The Hall–Kier alpha value is -1.32. The molecule has 5 heteroatoms. The fraction of sp³-hybridized carbons (Fsp3) is 0.167. The maximum absolute atomic E-state index is 5.84. The van der Waals surface area contributed by atoms with E-state index in [0.717, 1.165) is 10.6 Å². The molecule has 3 nitrogen and oxygen atoms in total. The molecular weight excluding hydrogens is 257 g/mol. The number of rotatable bonds is 3. The van der Waals surface area contributed by atoms with Crippen molar-refractivity contribution in [2.24, 2.45) is 0 Å². The zero-order valence-electron chi connectivity index (χ0n) is 9.19. The fourth-order valence-corrected chi connectivity index (χ4v) is 1.74. The highest BCUT2D eigenvalue weighted by Gasteiger charge is 2.06. The molecule has 0 saturated heterocycles. The number of nitrogens with one attached hydrogen (secondary N) is 1. The molecule has 0 bridgehead atoms. The summed E-state index contributed by atoms with van der Waals surface area (Å²) in [5.41, 5.74) is 1.13. The van der Waals surface area contributed by atoms with E-state index in [-0.39, 0.29) is 6.04 Å². The van der Waals surface area contributed by atoms with E-state index >= 15 is 0 Å². The molecule has 2 aromatic rings. The van der Waals surface area contributed by atoms with Gasteiger partial charge in [0.1, 0.15) is 17.3 Å². The van der Waals surface area contributed by atoms with Crippen LogP contribution in [0.15, 0.2) is 36.7 Å². The normalized spacial score (nSPS) is 12.2. The minimum atomic E-state index is 0.123. The van der Waals surface area contributed by atoms with E-state index in [1.54, 1.807) is 6.07 Å². The highest BCUT2D eigenvalue weighted by Crippen LogP contribution is 2.20. The summed E-state index contributed by atoms with van der Waals surface area (Å²) in [4.78, 5) is 7.92. The van der Waals surface area contributed by atoms with Gasteiger partial charge in [-0.05, 0) is 24.6 Å². The third-order valence-electron chi connectivity index (χ3n) is 2.37. The summed E-state index contributed by atoms with van der Waals surface area (Å²) in [5, 5.41) is 4.39. The Kier molecular flexibility index (Phi) is 3.82. The van der Waals surface area contributed by atoms with Gasteiger partial charge in [-0.3, -0.25) is 0 Å². The summed E-state index contributed by atoms with van der Waals surface area (Å²) in [6.07, 6.45) is 1.43. The van der Waals surface area contributed by atoms with E-state index in [1.165, 1.54) is 6.33 Å². The monoisotopic (exact) mass is 267 g/mol. The zero-order chi connectivity index (χ0) is 12.3. The van der Waals surface area contributed by atoms with Crippen molar-refractivity contribution in [1.29, 1.82) is 0 Å². The van der Waals surface area contributed by atoms with Gasteiger partial charge in [0.2, 0.25) is 0 Å². The first-order valence-electron chi connectivity index (χ1n) is 5.14. The van der Waals surface area contributed by atoms with Crippen LogP contribution < -0.4 is 5.32 Å². The first kappa shape index (κ1) is 12.1. The number of hydrogen-bond donors (Lipinski definition) is 1. The summed E-state index contributed by atoms with van der Waals surface area (Å²) in [6, 6.07) is 9.49. The summed E-state index contributed by atoms with van der Waals surface area (Å²) in [6.45, 7) is 2.04. The number of halogens is 2. The van der Waals surface area contributed by atoms with Gasteiger partial charge >= 0.3 is 0 Å². The highest BCUT2D eigenvalue weighted by atomic mass is 35.5. The quantitative estimate of drug-likeness (QED) is 0.856. The van der Waals surface area contributed by atoms with Gasteiger partial charge < -0.3 is 5.32 Å². The Morgan fingerprint density at radius 1 is 1.12 bits per heavy atom. The molecular formula is C12H11Cl2N3. The Morgan fingerprint density at radius 3 is 2.47 bits per heavy atom. The number of benzene rings is 1. The summed E-state index contributed by atoms with van der Waals surface area (Å²) < 4.78 is 0. The lowest BCUT2D eigenvalue weighted by molar-refractivity contribution is 0.872. The maximum atomic E-state index is 5.84. The predicted molar refractivity (Wildman–Crippen MR) is 70.5 cm³/mol. The third kappa shape index (κ3) is 3.32.